The van der Waals surface area contributed by atoms with E-state index < -0.39 is 35.9 Å². The Balaban J connectivity index is 1.45. The van der Waals surface area contributed by atoms with Crippen LogP contribution in [-0.4, -0.2) is 69.7 Å². The van der Waals surface area contributed by atoms with E-state index in [0.29, 0.717) is 30.1 Å². The summed E-state index contributed by atoms with van der Waals surface area (Å²) in [5.41, 5.74) is 0.852. The molecule has 11 heteroatoms. The molecule has 174 valence electrons. The average molecular weight is 461 g/mol. The highest BCUT2D eigenvalue weighted by molar-refractivity contribution is 6.47. The molecule has 2 saturated heterocycles. The van der Waals surface area contributed by atoms with Gasteiger partial charge >= 0.3 is 0 Å². The summed E-state index contributed by atoms with van der Waals surface area (Å²) in [6, 6.07) is 1.63. The summed E-state index contributed by atoms with van der Waals surface area (Å²) in [5, 5.41) is 13.4. The first-order chi connectivity index (χ1) is 15.9. The molecule has 3 aliphatic rings. The Morgan fingerprint density at radius 2 is 2.12 bits per heavy atom. The number of rotatable bonds is 4. The van der Waals surface area contributed by atoms with E-state index in [2.05, 4.69) is 20.3 Å². The molecule has 0 unspecified atom stereocenters. The van der Waals surface area contributed by atoms with Crippen LogP contribution >= 0.6 is 0 Å². The van der Waals surface area contributed by atoms with Crippen LogP contribution in [0, 0.1) is 11.6 Å². The minimum atomic E-state index is -1.38. The van der Waals surface area contributed by atoms with E-state index in [1.165, 1.54) is 11.2 Å². The topological polar surface area (TPSA) is 99.9 Å². The molecule has 1 aromatic carbocycles. The minimum absolute atomic E-state index is 0.0329. The standard InChI is InChI=1S/C22H22F3N5O3/c23-11-1-2-14(25)13(5-11)17-6-12(24)8-30(17)22(32)20-19-16(7-26-20)27-10-28-21(19)29-15-3-4-33-9-18(15)31/h1-2,5,10,12,15,17-18,31H,3-4,6-9H2,(H,27,28,29)/t12-,15+,17+,18+/m0/s1. The van der Waals surface area contributed by atoms with Gasteiger partial charge in [-0.3, -0.25) is 9.79 Å². The Kier molecular flexibility index (Phi) is 5.75. The van der Waals surface area contributed by atoms with Crippen LogP contribution in [0.15, 0.2) is 29.5 Å². The van der Waals surface area contributed by atoms with Gasteiger partial charge in [-0.2, -0.15) is 0 Å². The van der Waals surface area contributed by atoms with Crippen molar-refractivity contribution in [1.29, 1.82) is 0 Å². The zero-order chi connectivity index (χ0) is 23.1. The number of aliphatic hydroxyl groups excluding tert-OH is 1. The average Bonchev–Trinajstić information content (AvgIpc) is 3.41. The third-order valence-electron chi connectivity index (χ3n) is 6.23. The molecule has 1 amide bonds. The molecule has 4 heterocycles. The van der Waals surface area contributed by atoms with Gasteiger partial charge in [-0.05, 0) is 24.6 Å². The number of benzene rings is 1. The van der Waals surface area contributed by atoms with Gasteiger partial charge in [0.25, 0.3) is 5.91 Å². The molecule has 0 aliphatic carbocycles. The van der Waals surface area contributed by atoms with E-state index in [1.807, 2.05) is 0 Å². The molecular weight excluding hydrogens is 439 g/mol. The number of aliphatic imine (C=N–C) groups is 1. The molecule has 2 aromatic rings. The number of alkyl halides is 1. The third-order valence-corrected chi connectivity index (χ3v) is 6.23. The first-order valence-corrected chi connectivity index (χ1v) is 10.7. The lowest BCUT2D eigenvalue weighted by Crippen LogP contribution is -2.43. The lowest BCUT2D eigenvalue weighted by atomic mass is 10.0. The maximum atomic E-state index is 14.4. The highest BCUT2D eigenvalue weighted by Gasteiger charge is 2.41. The lowest BCUT2D eigenvalue weighted by molar-refractivity contribution is -0.125. The summed E-state index contributed by atoms with van der Waals surface area (Å²) in [7, 11) is 0. The molecule has 0 radical (unpaired) electrons. The number of fused-ring (bicyclic) bond motifs is 1. The van der Waals surface area contributed by atoms with Crippen LogP contribution in [0.3, 0.4) is 0 Å². The number of anilines is 1. The molecule has 33 heavy (non-hydrogen) atoms. The summed E-state index contributed by atoms with van der Waals surface area (Å²) < 4.78 is 47.9. The van der Waals surface area contributed by atoms with E-state index in [4.69, 9.17) is 4.74 Å². The number of nitrogens with zero attached hydrogens (tertiary/aromatic N) is 4. The largest absolute Gasteiger partial charge is 0.389 e. The van der Waals surface area contributed by atoms with Crippen molar-refractivity contribution in [1.82, 2.24) is 14.9 Å². The number of aromatic nitrogens is 2. The van der Waals surface area contributed by atoms with Crippen molar-refractivity contribution in [2.45, 2.75) is 43.7 Å². The second-order valence-corrected chi connectivity index (χ2v) is 8.36. The SMILES string of the molecule is O=C(C1=NCc2ncnc(N[C@@H]3CCOC[C@H]3O)c21)N1C[C@@H](F)C[C@@H]1c1cc(F)ccc1F. The number of aliphatic hydroxyl groups is 1. The zero-order valence-corrected chi connectivity index (χ0v) is 17.5. The van der Waals surface area contributed by atoms with Crippen molar-refractivity contribution in [3.8, 4) is 0 Å². The number of carbonyl (C=O) groups is 1. The highest BCUT2D eigenvalue weighted by Crippen LogP contribution is 2.37. The zero-order valence-electron chi connectivity index (χ0n) is 17.5. The van der Waals surface area contributed by atoms with Crippen molar-refractivity contribution in [3.63, 3.8) is 0 Å². The fourth-order valence-electron chi connectivity index (χ4n) is 4.58. The highest BCUT2D eigenvalue weighted by atomic mass is 19.1. The van der Waals surface area contributed by atoms with Gasteiger partial charge in [0.2, 0.25) is 0 Å². The van der Waals surface area contributed by atoms with Crippen LogP contribution < -0.4 is 5.32 Å². The van der Waals surface area contributed by atoms with Gasteiger partial charge in [0, 0.05) is 18.6 Å². The van der Waals surface area contributed by atoms with Crippen LogP contribution in [0.5, 0.6) is 0 Å². The number of hydrogen-bond donors (Lipinski definition) is 2. The van der Waals surface area contributed by atoms with Gasteiger partial charge in [0.1, 0.15) is 35.7 Å². The number of halogens is 3. The predicted octanol–water partition coefficient (Wildman–Crippen LogP) is 1.93. The third kappa shape index (κ3) is 4.06. The molecule has 5 rings (SSSR count). The second kappa shape index (κ2) is 8.71. The number of nitrogens with one attached hydrogen (secondary N) is 1. The van der Waals surface area contributed by atoms with Gasteiger partial charge in [-0.15, -0.1) is 0 Å². The minimum Gasteiger partial charge on any atom is -0.389 e. The Morgan fingerprint density at radius 1 is 1.27 bits per heavy atom. The van der Waals surface area contributed by atoms with Gasteiger partial charge in [-0.25, -0.2) is 23.1 Å². The van der Waals surface area contributed by atoms with E-state index in [-0.39, 0.29) is 43.4 Å². The van der Waals surface area contributed by atoms with Gasteiger partial charge in [0.15, 0.2) is 0 Å². The number of carbonyl (C=O) groups excluding carboxylic acids is 1. The maximum absolute atomic E-state index is 14.4. The number of hydrogen-bond acceptors (Lipinski definition) is 7. The first kappa shape index (κ1) is 21.8. The van der Waals surface area contributed by atoms with Crippen molar-refractivity contribution in [3.05, 3.63) is 53.0 Å². The van der Waals surface area contributed by atoms with Crippen molar-refractivity contribution in [2.24, 2.45) is 4.99 Å². The van der Waals surface area contributed by atoms with Gasteiger partial charge < -0.3 is 20.1 Å². The molecule has 0 spiro atoms. The molecule has 3 aliphatic heterocycles. The van der Waals surface area contributed by atoms with Gasteiger partial charge in [0.05, 0.1) is 49.1 Å². The smallest absolute Gasteiger partial charge is 0.273 e. The van der Waals surface area contributed by atoms with Crippen LogP contribution in [0.2, 0.25) is 0 Å². The summed E-state index contributed by atoms with van der Waals surface area (Å²) in [6.07, 6.45) is -0.402. The Labute approximate surface area is 187 Å². The van der Waals surface area contributed by atoms with Crippen molar-refractivity contribution < 1.29 is 27.8 Å². The number of ether oxygens (including phenoxy) is 1. The fraction of sp³-hybridized carbons (Fsp3) is 0.455. The molecule has 8 nitrogen and oxygen atoms in total. The van der Waals surface area contributed by atoms with Crippen LogP contribution in [0.25, 0.3) is 0 Å². The molecule has 4 atom stereocenters. The molecule has 0 bridgehead atoms. The summed E-state index contributed by atoms with van der Waals surface area (Å²) in [5.74, 6) is -1.64. The molecule has 0 saturated carbocycles. The quantitative estimate of drug-likeness (QED) is 0.722. The normalized spacial score (nSPS) is 26.8. The van der Waals surface area contributed by atoms with Crippen LogP contribution in [0.4, 0.5) is 19.0 Å². The first-order valence-electron chi connectivity index (χ1n) is 10.7. The molecule has 2 N–H and O–H groups in total. The summed E-state index contributed by atoms with van der Waals surface area (Å²) in [6.45, 7) is 0.518. The fourth-order valence-corrected chi connectivity index (χ4v) is 4.58. The summed E-state index contributed by atoms with van der Waals surface area (Å²) >= 11 is 0. The van der Waals surface area contributed by atoms with Crippen LogP contribution in [-0.2, 0) is 16.1 Å². The predicted molar refractivity (Wildman–Crippen MR) is 111 cm³/mol. The van der Waals surface area contributed by atoms with E-state index >= 15 is 0 Å². The Morgan fingerprint density at radius 3 is 2.94 bits per heavy atom. The van der Waals surface area contributed by atoms with Crippen molar-refractivity contribution >= 4 is 17.4 Å². The molecule has 2 fully saturated rings. The van der Waals surface area contributed by atoms with E-state index in [0.717, 1.165) is 18.2 Å². The van der Waals surface area contributed by atoms with Gasteiger partial charge in [-0.1, -0.05) is 0 Å². The number of likely N-dealkylation sites (tertiary alicyclic amines) is 1. The Bertz CT molecular complexity index is 1110. The summed E-state index contributed by atoms with van der Waals surface area (Å²) in [4.78, 5) is 27.5. The van der Waals surface area contributed by atoms with E-state index in [9.17, 15) is 23.1 Å². The van der Waals surface area contributed by atoms with Crippen LogP contribution in [0.1, 0.15) is 35.7 Å². The van der Waals surface area contributed by atoms with E-state index in [1.54, 1.807) is 0 Å². The second-order valence-electron chi connectivity index (χ2n) is 8.36. The monoisotopic (exact) mass is 461 g/mol. The number of amides is 1. The lowest BCUT2D eigenvalue weighted by Gasteiger charge is -2.29. The van der Waals surface area contributed by atoms with Crippen molar-refractivity contribution in [2.75, 3.05) is 25.1 Å². The Hall–Kier alpha value is -3.05. The molecule has 1 aromatic heterocycles. The molecular formula is C22H22F3N5O3. The maximum Gasteiger partial charge on any atom is 0.273 e.